The van der Waals surface area contributed by atoms with Gasteiger partial charge in [-0.25, -0.2) is 9.59 Å². The molecule has 4 rings (SSSR count). The van der Waals surface area contributed by atoms with Crippen LogP contribution in [0.4, 0.5) is 0 Å². The normalized spacial score (nSPS) is 13.2. The van der Waals surface area contributed by atoms with Crippen molar-refractivity contribution in [1.29, 1.82) is 5.26 Å². The number of carbonyl (C=O) groups excluding carboxylic acids is 2. The van der Waals surface area contributed by atoms with Gasteiger partial charge in [0.15, 0.2) is 0 Å². The minimum Gasteiger partial charge on any atom is -0.508 e. The lowest BCUT2D eigenvalue weighted by Crippen LogP contribution is -2.09. The van der Waals surface area contributed by atoms with Crippen molar-refractivity contribution in [1.82, 2.24) is 0 Å². The van der Waals surface area contributed by atoms with Crippen molar-refractivity contribution < 1.29 is 28.9 Å². The standard InChI is InChI=1S/C27H21NO6/c1-2-26(30)33-13-3-12-32-19-7-4-17(5-8-19)27(31)34-20-9-11-22-21-10-6-18(29)14-23(21)25(16-28)24(22)15-20/h2,4-11,14-15,25,29H,1,3,12-13H2. The molecule has 170 valence electrons. The number of carbonyl (C=O) groups is 2. The summed E-state index contributed by atoms with van der Waals surface area (Å²) in [5, 5.41) is 19.5. The maximum atomic E-state index is 12.6. The number of nitrogens with zero attached hydrogens (tertiary/aromatic N) is 1. The van der Waals surface area contributed by atoms with Crippen LogP contribution < -0.4 is 9.47 Å². The molecular weight excluding hydrogens is 434 g/mol. The van der Waals surface area contributed by atoms with Crippen molar-refractivity contribution in [3.8, 4) is 34.4 Å². The number of rotatable bonds is 8. The fourth-order valence-electron chi connectivity index (χ4n) is 3.76. The summed E-state index contributed by atoms with van der Waals surface area (Å²) in [5.41, 5.74) is 3.57. The number of hydrogen-bond acceptors (Lipinski definition) is 7. The Hall–Kier alpha value is -4.57. The van der Waals surface area contributed by atoms with E-state index in [2.05, 4.69) is 12.6 Å². The second-order valence-electron chi connectivity index (χ2n) is 7.57. The molecule has 0 fully saturated rings. The van der Waals surface area contributed by atoms with Gasteiger partial charge in [-0.15, -0.1) is 0 Å². The zero-order chi connectivity index (χ0) is 24.1. The Balaban J connectivity index is 1.38. The number of aromatic hydroxyl groups is 1. The SMILES string of the molecule is C=CC(=O)OCCCOc1ccc(C(=O)Oc2ccc3c(c2)C(C#N)c2cc(O)ccc2-3)cc1. The molecular formula is C27H21NO6. The lowest BCUT2D eigenvalue weighted by molar-refractivity contribution is -0.137. The van der Waals surface area contributed by atoms with Gasteiger partial charge in [0.1, 0.15) is 17.2 Å². The molecule has 3 aromatic rings. The molecule has 1 aliphatic rings. The minimum atomic E-state index is -0.549. The van der Waals surface area contributed by atoms with E-state index in [1.54, 1.807) is 54.6 Å². The lowest BCUT2D eigenvalue weighted by atomic mass is 9.98. The molecule has 0 aliphatic heterocycles. The van der Waals surface area contributed by atoms with Crippen LogP contribution in [0.2, 0.25) is 0 Å². The maximum absolute atomic E-state index is 12.6. The maximum Gasteiger partial charge on any atom is 0.343 e. The molecule has 1 N–H and O–H groups in total. The van der Waals surface area contributed by atoms with Gasteiger partial charge in [0.2, 0.25) is 0 Å². The Morgan fingerprint density at radius 3 is 2.35 bits per heavy atom. The molecule has 0 radical (unpaired) electrons. The summed E-state index contributed by atoms with van der Waals surface area (Å²) in [6.07, 6.45) is 1.63. The number of phenols is 1. The molecule has 0 heterocycles. The minimum absolute atomic E-state index is 0.0991. The van der Waals surface area contributed by atoms with Crippen LogP contribution in [0.5, 0.6) is 17.2 Å². The van der Waals surface area contributed by atoms with Crippen LogP contribution in [-0.2, 0) is 9.53 Å². The lowest BCUT2D eigenvalue weighted by Gasteiger charge is -2.09. The molecule has 0 saturated carbocycles. The van der Waals surface area contributed by atoms with Gasteiger partial charge >= 0.3 is 11.9 Å². The highest BCUT2D eigenvalue weighted by atomic mass is 16.5. The van der Waals surface area contributed by atoms with Crippen molar-refractivity contribution >= 4 is 11.9 Å². The van der Waals surface area contributed by atoms with Crippen molar-refractivity contribution in [3.05, 3.63) is 90.0 Å². The molecule has 0 saturated heterocycles. The summed E-state index contributed by atoms with van der Waals surface area (Å²) < 4.78 is 16.0. The molecule has 1 unspecified atom stereocenters. The first-order chi connectivity index (χ1) is 16.5. The highest BCUT2D eigenvalue weighted by molar-refractivity contribution is 5.91. The number of nitriles is 1. The molecule has 0 bridgehead atoms. The fourth-order valence-corrected chi connectivity index (χ4v) is 3.76. The van der Waals surface area contributed by atoms with Crippen LogP contribution in [0.1, 0.15) is 33.8 Å². The molecule has 3 aromatic carbocycles. The predicted molar refractivity (Wildman–Crippen MR) is 124 cm³/mol. The van der Waals surface area contributed by atoms with Gasteiger partial charge in [-0.2, -0.15) is 5.26 Å². The Labute approximate surface area is 196 Å². The fraction of sp³-hybridized carbons (Fsp3) is 0.148. The van der Waals surface area contributed by atoms with E-state index in [0.29, 0.717) is 30.1 Å². The first-order valence-electron chi connectivity index (χ1n) is 10.6. The van der Waals surface area contributed by atoms with Crippen LogP contribution in [0.3, 0.4) is 0 Å². The zero-order valence-corrected chi connectivity index (χ0v) is 18.2. The predicted octanol–water partition coefficient (Wildman–Crippen LogP) is 4.75. The molecule has 0 spiro atoms. The van der Waals surface area contributed by atoms with E-state index >= 15 is 0 Å². The van der Waals surface area contributed by atoms with Gasteiger partial charge < -0.3 is 19.3 Å². The topological polar surface area (TPSA) is 106 Å². The highest BCUT2D eigenvalue weighted by Crippen LogP contribution is 2.46. The van der Waals surface area contributed by atoms with E-state index in [1.165, 1.54) is 0 Å². The Morgan fingerprint density at radius 1 is 0.971 bits per heavy atom. The zero-order valence-electron chi connectivity index (χ0n) is 18.2. The summed E-state index contributed by atoms with van der Waals surface area (Å²) in [5.74, 6) is -0.561. The monoisotopic (exact) mass is 455 g/mol. The van der Waals surface area contributed by atoms with E-state index in [1.807, 2.05) is 6.07 Å². The Morgan fingerprint density at radius 2 is 1.65 bits per heavy atom. The second-order valence-corrected chi connectivity index (χ2v) is 7.57. The molecule has 0 aromatic heterocycles. The van der Waals surface area contributed by atoms with Crippen molar-refractivity contribution in [2.45, 2.75) is 12.3 Å². The molecule has 1 atom stereocenters. The Kier molecular flexibility index (Phi) is 6.60. The van der Waals surface area contributed by atoms with Crippen LogP contribution in [0.15, 0.2) is 73.3 Å². The van der Waals surface area contributed by atoms with Gasteiger partial charge in [0.25, 0.3) is 0 Å². The van der Waals surface area contributed by atoms with Crippen molar-refractivity contribution in [3.63, 3.8) is 0 Å². The van der Waals surface area contributed by atoms with Crippen LogP contribution >= 0.6 is 0 Å². The number of benzene rings is 3. The van der Waals surface area contributed by atoms with Gasteiger partial charge in [0, 0.05) is 12.5 Å². The third-order valence-electron chi connectivity index (χ3n) is 5.37. The summed E-state index contributed by atoms with van der Waals surface area (Å²) in [6, 6.07) is 18.9. The van der Waals surface area contributed by atoms with Gasteiger partial charge in [0.05, 0.1) is 30.8 Å². The van der Waals surface area contributed by atoms with Crippen LogP contribution in [0, 0.1) is 11.3 Å². The quantitative estimate of drug-likeness (QED) is 0.226. The molecule has 34 heavy (non-hydrogen) atoms. The number of phenolic OH excluding ortho intramolecular Hbond substituents is 1. The third kappa shape index (κ3) is 4.76. The second kappa shape index (κ2) is 9.92. The van der Waals surface area contributed by atoms with Gasteiger partial charge in [-0.05, 0) is 70.8 Å². The van der Waals surface area contributed by atoms with Crippen molar-refractivity contribution in [2.24, 2.45) is 0 Å². The van der Waals surface area contributed by atoms with Crippen LogP contribution in [0.25, 0.3) is 11.1 Å². The highest BCUT2D eigenvalue weighted by Gasteiger charge is 2.29. The summed E-state index contributed by atoms with van der Waals surface area (Å²) >= 11 is 0. The summed E-state index contributed by atoms with van der Waals surface area (Å²) in [7, 11) is 0. The number of hydrogen-bond donors (Lipinski definition) is 1. The average molecular weight is 455 g/mol. The van der Waals surface area contributed by atoms with E-state index in [0.717, 1.165) is 28.3 Å². The number of ether oxygens (including phenoxy) is 3. The van der Waals surface area contributed by atoms with E-state index in [-0.39, 0.29) is 12.4 Å². The summed E-state index contributed by atoms with van der Waals surface area (Å²) in [4.78, 5) is 23.6. The molecule has 0 amide bonds. The smallest absolute Gasteiger partial charge is 0.343 e. The molecule has 7 heteroatoms. The summed E-state index contributed by atoms with van der Waals surface area (Å²) in [6.45, 7) is 3.91. The average Bonchev–Trinajstić information content (AvgIpc) is 3.15. The third-order valence-corrected chi connectivity index (χ3v) is 5.37. The van der Waals surface area contributed by atoms with Crippen LogP contribution in [-0.4, -0.2) is 30.3 Å². The Bertz CT molecular complexity index is 1290. The van der Waals surface area contributed by atoms with E-state index in [4.69, 9.17) is 14.2 Å². The molecule has 1 aliphatic carbocycles. The number of esters is 2. The number of fused-ring (bicyclic) bond motifs is 3. The largest absolute Gasteiger partial charge is 0.508 e. The van der Waals surface area contributed by atoms with E-state index < -0.39 is 17.9 Å². The van der Waals surface area contributed by atoms with Crippen molar-refractivity contribution in [2.75, 3.05) is 13.2 Å². The molecule has 7 nitrogen and oxygen atoms in total. The first-order valence-corrected chi connectivity index (χ1v) is 10.6. The first kappa shape index (κ1) is 22.6. The van der Waals surface area contributed by atoms with Gasteiger partial charge in [-0.3, -0.25) is 0 Å². The van der Waals surface area contributed by atoms with E-state index in [9.17, 15) is 20.0 Å². The van der Waals surface area contributed by atoms with Gasteiger partial charge in [-0.1, -0.05) is 18.7 Å².